The van der Waals surface area contributed by atoms with E-state index in [2.05, 4.69) is 5.10 Å². The van der Waals surface area contributed by atoms with Crippen LogP contribution in [0.15, 0.2) is 6.20 Å². The van der Waals surface area contributed by atoms with Gasteiger partial charge in [0.1, 0.15) is 6.20 Å². The standard InChI is InChI=1S/C11H14ClN3O4/c1-11(10(16)17)4-2-7(3-5-11)14-6-8(15(18)19)9(12)13-14/h6-7H,2-5H2,1H3,(H,16,17). The molecule has 0 aromatic carbocycles. The summed E-state index contributed by atoms with van der Waals surface area (Å²) in [5.41, 5.74) is -0.924. The van der Waals surface area contributed by atoms with Crippen molar-refractivity contribution >= 4 is 23.3 Å². The number of nitrogens with zero attached hydrogens (tertiary/aromatic N) is 3. The lowest BCUT2D eigenvalue weighted by atomic mass is 9.74. The summed E-state index contributed by atoms with van der Waals surface area (Å²) in [7, 11) is 0. The molecule has 1 aromatic rings. The fraction of sp³-hybridized carbons (Fsp3) is 0.636. The molecule has 0 unspecified atom stereocenters. The van der Waals surface area contributed by atoms with Gasteiger partial charge in [0.05, 0.1) is 16.4 Å². The van der Waals surface area contributed by atoms with Gasteiger partial charge >= 0.3 is 11.7 Å². The third-order valence-electron chi connectivity index (χ3n) is 3.81. The van der Waals surface area contributed by atoms with Crippen LogP contribution in [0.1, 0.15) is 38.6 Å². The van der Waals surface area contributed by atoms with Crippen molar-refractivity contribution < 1.29 is 14.8 Å². The SMILES string of the molecule is CC1(C(=O)O)CCC(n2cc([N+](=O)[O-])c(Cl)n2)CC1. The van der Waals surface area contributed by atoms with E-state index in [0.717, 1.165) is 0 Å². The first-order valence-electron chi connectivity index (χ1n) is 5.96. The second kappa shape index (κ2) is 4.80. The second-order valence-electron chi connectivity index (χ2n) is 5.14. The molecule has 104 valence electrons. The molecule has 0 radical (unpaired) electrons. The largest absolute Gasteiger partial charge is 0.481 e. The van der Waals surface area contributed by atoms with Crippen LogP contribution < -0.4 is 0 Å². The number of carbonyl (C=O) groups is 1. The minimum atomic E-state index is -0.796. The van der Waals surface area contributed by atoms with Crippen molar-refractivity contribution in [3.8, 4) is 0 Å². The summed E-state index contributed by atoms with van der Waals surface area (Å²) in [4.78, 5) is 21.3. The Balaban J connectivity index is 2.12. The van der Waals surface area contributed by atoms with E-state index in [4.69, 9.17) is 16.7 Å². The van der Waals surface area contributed by atoms with Crippen LogP contribution in [-0.2, 0) is 4.79 Å². The Morgan fingerprint density at radius 3 is 2.63 bits per heavy atom. The number of aromatic nitrogens is 2. The number of hydrogen-bond acceptors (Lipinski definition) is 4. The van der Waals surface area contributed by atoms with Gasteiger partial charge in [0, 0.05) is 0 Å². The van der Waals surface area contributed by atoms with Crippen molar-refractivity contribution in [1.29, 1.82) is 0 Å². The predicted molar refractivity (Wildman–Crippen MR) is 67.1 cm³/mol. The van der Waals surface area contributed by atoms with Gasteiger partial charge in [-0.3, -0.25) is 19.6 Å². The maximum atomic E-state index is 11.1. The lowest BCUT2D eigenvalue weighted by Crippen LogP contribution is -2.33. The van der Waals surface area contributed by atoms with Gasteiger partial charge in [-0.25, -0.2) is 0 Å². The third-order valence-corrected chi connectivity index (χ3v) is 4.08. The molecule has 0 bridgehead atoms. The molecule has 0 aliphatic heterocycles. The average Bonchev–Trinajstić information content (AvgIpc) is 2.72. The van der Waals surface area contributed by atoms with Gasteiger partial charge in [-0.2, -0.15) is 5.10 Å². The van der Waals surface area contributed by atoms with Gasteiger partial charge in [-0.1, -0.05) is 11.6 Å². The highest BCUT2D eigenvalue weighted by atomic mass is 35.5. The monoisotopic (exact) mass is 287 g/mol. The van der Waals surface area contributed by atoms with E-state index in [-0.39, 0.29) is 16.9 Å². The molecule has 1 heterocycles. The first-order valence-corrected chi connectivity index (χ1v) is 6.34. The number of carboxylic acid groups (broad SMARTS) is 1. The van der Waals surface area contributed by atoms with Crippen LogP contribution >= 0.6 is 11.6 Å². The summed E-state index contributed by atoms with van der Waals surface area (Å²) >= 11 is 5.70. The maximum absolute atomic E-state index is 11.1. The van der Waals surface area contributed by atoms with Crippen LogP contribution in [0.2, 0.25) is 5.15 Å². The Hall–Kier alpha value is -1.63. The Bertz CT molecular complexity index is 520. The van der Waals surface area contributed by atoms with E-state index in [1.807, 2.05) is 0 Å². The first kappa shape index (κ1) is 13.8. The van der Waals surface area contributed by atoms with E-state index in [1.54, 1.807) is 6.92 Å². The first-order chi connectivity index (χ1) is 8.83. The molecule has 1 aliphatic carbocycles. The average molecular weight is 288 g/mol. The van der Waals surface area contributed by atoms with Crippen LogP contribution in [0.5, 0.6) is 0 Å². The van der Waals surface area contributed by atoms with Crippen molar-refractivity contribution in [2.45, 2.75) is 38.6 Å². The minimum Gasteiger partial charge on any atom is -0.481 e. The van der Waals surface area contributed by atoms with Crippen molar-refractivity contribution in [1.82, 2.24) is 9.78 Å². The van der Waals surface area contributed by atoms with Crippen LogP contribution in [0, 0.1) is 15.5 Å². The van der Waals surface area contributed by atoms with Crippen molar-refractivity contribution in [2.24, 2.45) is 5.41 Å². The van der Waals surface area contributed by atoms with E-state index in [1.165, 1.54) is 10.9 Å². The molecule has 2 rings (SSSR count). The number of nitro groups is 1. The number of carboxylic acids is 1. The molecule has 1 N–H and O–H groups in total. The summed E-state index contributed by atoms with van der Waals surface area (Å²) in [6, 6.07) is -0.0291. The normalized spacial score (nSPS) is 27.2. The molecular formula is C11H14ClN3O4. The maximum Gasteiger partial charge on any atom is 0.325 e. The molecule has 19 heavy (non-hydrogen) atoms. The van der Waals surface area contributed by atoms with E-state index < -0.39 is 16.3 Å². The predicted octanol–water partition coefficient (Wildman–Crippen LogP) is 2.65. The summed E-state index contributed by atoms with van der Waals surface area (Å²) < 4.78 is 1.49. The molecule has 0 spiro atoms. The summed E-state index contributed by atoms with van der Waals surface area (Å²) in [5.74, 6) is -0.796. The summed E-state index contributed by atoms with van der Waals surface area (Å²) in [5, 5.41) is 23.7. The van der Waals surface area contributed by atoms with Crippen LogP contribution in [0.4, 0.5) is 5.69 Å². The Morgan fingerprint density at radius 2 is 2.21 bits per heavy atom. The van der Waals surface area contributed by atoms with Crippen molar-refractivity contribution in [3.63, 3.8) is 0 Å². The highest BCUT2D eigenvalue weighted by Crippen LogP contribution is 2.41. The van der Waals surface area contributed by atoms with Gasteiger partial charge in [-0.05, 0) is 32.6 Å². The van der Waals surface area contributed by atoms with Gasteiger partial charge in [-0.15, -0.1) is 0 Å². The zero-order chi connectivity index (χ0) is 14.2. The van der Waals surface area contributed by atoms with Crippen LogP contribution in [-0.4, -0.2) is 25.8 Å². The lowest BCUT2D eigenvalue weighted by Gasteiger charge is -2.33. The molecule has 0 saturated heterocycles. The summed E-state index contributed by atoms with van der Waals surface area (Å²) in [6.07, 6.45) is 3.61. The van der Waals surface area contributed by atoms with Crippen LogP contribution in [0.3, 0.4) is 0 Å². The van der Waals surface area contributed by atoms with E-state index in [9.17, 15) is 14.9 Å². The third kappa shape index (κ3) is 2.56. The van der Waals surface area contributed by atoms with Crippen LogP contribution in [0.25, 0.3) is 0 Å². The lowest BCUT2D eigenvalue weighted by molar-refractivity contribution is -0.384. The zero-order valence-electron chi connectivity index (χ0n) is 10.4. The number of aliphatic carboxylic acids is 1. The minimum absolute atomic E-state index is 0.0291. The number of halogens is 1. The fourth-order valence-electron chi connectivity index (χ4n) is 2.39. The Labute approximate surface area is 114 Å². The van der Waals surface area contributed by atoms with Gasteiger partial charge in [0.25, 0.3) is 0 Å². The van der Waals surface area contributed by atoms with Crippen molar-refractivity contribution in [2.75, 3.05) is 0 Å². The Kier molecular flexibility index (Phi) is 3.49. The van der Waals surface area contributed by atoms with E-state index in [0.29, 0.717) is 25.7 Å². The highest BCUT2D eigenvalue weighted by molar-refractivity contribution is 6.31. The molecule has 1 aliphatic rings. The Morgan fingerprint density at radius 1 is 1.63 bits per heavy atom. The molecule has 1 aromatic heterocycles. The molecular weight excluding hydrogens is 274 g/mol. The molecule has 0 amide bonds. The number of rotatable bonds is 3. The highest BCUT2D eigenvalue weighted by Gasteiger charge is 2.38. The van der Waals surface area contributed by atoms with Crippen molar-refractivity contribution in [3.05, 3.63) is 21.5 Å². The van der Waals surface area contributed by atoms with Gasteiger partial charge < -0.3 is 5.11 Å². The quantitative estimate of drug-likeness (QED) is 0.680. The van der Waals surface area contributed by atoms with Gasteiger partial charge in [0.15, 0.2) is 0 Å². The molecule has 1 saturated carbocycles. The second-order valence-corrected chi connectivity index (χ2v) is 5.50. The smallest absolute Gasteiger partial charge is 0.325 e. The topological polar surface area (TPSA) is 98.3 Å². The molecule has 1 fully saturated rings. The number of hydrogen-bond donors (Lipinski definition) is 1. The zero-order valence-corrected chi connectivity index (χ0v) is 11.1. The molecule has 8 heteroatoms. The fourth-order valence-corrected chi connectivity index (χ4v) is 2.59. The summed E-state index contributed by atoms with van der Waals surface area (Å²) in [6.45, 7) is 1.73. The van der Waals surface area contributed by atoms with Gasteiger partial charge in [0.2, 0.25) is 5.15 Å². The van der Waals surface area contributed by atoms with E-state index >= 15 is 0 Å². The molecule has 7 nitrogen and oxygen atoms in total. The molecule has 0 atom stereocenters.